The van der Waals surface area contributed by atoms with Crippen LogP contribution < -0.4 is 0 Å². The lowest BCUT2D eigenvalue weighted by Gasteiger charge is -2.22. The standard InChI is InChI=1S/C15H18N2O2/c1-2-19-15(18)14-8-13(9-16)11-17(14)10-12-6-4-3-5-7-12/h3-7,13-14H,2,8,10-11H2,1H3. The molecule has 2 atom stereocenters. The SMILES string of the molecule is CCOC(=O)C1CC(C#N)CN1Cc1ccccc1. The number of rotatable bonds is 4. The zero-order valence-electron chi connectivity index (χ0n) is 11.1. The van der Waals surface area contributed by atoms with Crippen LogP contribution >= 0.6 is 0 Å². The first-order chi connectivity index (χ1) is 9.24. The van der Waals surface area contributed by atoms with E-state index >= 15 is 0 Å². The summed E-state index contributed by atoms with van der Waals surface area (Å²) in [6.07, 6.45) is 0.572. The van der Waals surface area contributed by atoms with Crippen molar-refractivity contribution in [3.8, 4) is 6.07 Å². The van der Waals surface area contributed by atoms with Gasteiger partial charge in [0.05, 0.1) is 18.6 Å². The Kier molecular flexibility index (Phi) is 4.53. The predicted molar refractivity (Wildman–Crippen MR) is 71.0 cm³/mol. The molecule has 0 aromatic heterocycles. The van der Waals surface area contributed by atoms with E-state index in [1.807, 2.05) is 35.2 Å². The van der Waals surface area contributed by atoms with Crippen LogP contribution in [0.1, 0.15) is 18.9 Å². The van der Waals surface area contributed by atoms with E-state index in [1.54, 1.807) is 6.92 Å². The Morgan fingerprint density at radius 3 is 2.84 bits per heavy atom. The molecule has 4 heteroatoms. The van der Waals surface area contributed by atoms with Crippen molar-refractivity contribution >= 4 is 5.97 Å². The van der Waals surface area contributed by atoms with Crippen LogP contribution in [0.25, 0.3) is 0 Å². The first-order valence-corrected chi connectivity index (χ1v) is 6.58. The van der Waals surface area contributed by atoms with E-state index < -0.39 is 0 Å². The van der Waals surface area contributed by atoms with E-state index in [0.717, 1.165) is 5.56 Å². The van der Waals surface area contributed by atoms with Crippen molar-refractivity contribution in [2.45, 2.75) is 25.9 Å². The number of carbonyl (C=O) groups excluding carboxylic acids is 1. The van der Waals surface area contributed by atoms with Gasteiger partial charge in [-0.3, -0.25) is 9.69 Å². The maximum absolute atomic E-state index is 11.9. The summed E-state index contributed by atoms with van der Waals surface area (Å²) in [6, 6.07) is 12.0. The third-order valence-corrected chi connectivity index (χ3v) is 3.37. The molecule has 0 aliphatic carbocycles. The lowest BCUT2D eigenvalue weighted by Crippen LogP contribution is -2.36. The van der Waals surface area contributed by atoms with Crippen LogP contribution in [0.4, 0.5) is 0 Å². The van der Waals surface area contributed by atoms with Crippen molar-refractivity contribution in [3.63, 3.8) is 0 Å². The molecule has 4 nitrogen and oxygen atoms in total. The van der Waals surface area contributed by atoms with E-state index in [2.05, 4.69) is 6.07 Å². The molecule has 19 heavy (non-hydrogen) atoms. The van der Waals surface area contributed by atoms with Gasteiger partial charge in [0.15, 0.2) is 0 Å². The van der Waals surface area contributed by atoms with Crippen LogP contribution in [0.2, 0.25) is 0 Å². The van der Waals surface area contributed by atoms with Gasteiger partial charge in [-0.2, -0.15) is 5.26 Å². The monoisotopic (exact) mass is 258 g/mol. The Morgan fingerprint density at radius 2 is 2.21 bits per heavy atom. The number of nitriles is 1. The second kappa shape index (κ2) is 6.35. The van der Waals surface area contributed by atoms with Gasteiger partial charge in [0.2, 0.25) is 0 Å². The smallest absolute Gasteiger partial charge is 0.323 e. The van der Waals surface area contributed by atoms with Crippen LogP contribution in [-0.2, 0) is 16.1 Å². The zero-order valence-corrected chi connectivity index (χ0v) is 11.1. The maximum Gasteiger partial charge on any atom is 0.323 e. The summed E-state index contributed by atoms with van der Waals surface area (Å²) in [4.78, 5) is 14.0. The third-order valence-electron chi connectivity index (χ3n) is 3.37. The number of hydrogen-bond donors (Lipinski definition) is 0. The van der Waals surface area contributed by atoms with Gasteiger partial charge in [0.1, 0.15) is 6.04 Å². The summed E-state index contributed by atoms with van der Waals surface area (Å²) < 4.78 is 5.10. The lowest BCUT2D eigenvalue weighted by atomic mass is 10.1. The molecule has 1 fully saturated rings. The van der Waals surface area contributed by atoms with E-state index in [0.29, 0.717) is 26.1 Å². The molecule has 1 aliphatic heterocycles. The van der Waals surface area contributed by atoms with Crippen molar-refractivity contribution < 1.29 is 9.53 Å². The van der Waals surface area contributed by atoms with E-state index in [4.69, 9.17) is 10.00 Å². The Bertz CT molecular complexity index is 467. The molecule has 100 valence electrons. The van der Waals surface area contributed by atoms with Crippen molar-refractivity contribution in [1.29, 1.82) is 5.26 Å². The number of ether oxygens (including phenoxy) is 1. The van der Waals surface area contributed by atoms with Crippen LogP contribution in [0.15, 0.2) is 30.3 Å². The lowest BCUT2D eigenvalue weighted by molar-refractivity contribution is -0.148. The molecule has 2 rings (SSSR count). The first kappa shape index (κ1) is 13.6. The Morgan fingerprint density at radius 1 is 1.47 bits per heavy atom. The van der Waals surface area contributed by atoms with Crippen LogP contribution in [0, 0.1) is 17.2 Å². The minimum absolute atomic E-state index is 0.0851. The first-order valence-electron chi connectivity index (χ1n) is 6.58. The number of likely N-dealkylation sites (tertiary alicyclic amines) is 1. The second-order valence-corrected chi connectivity index (χ2v) is 4.74. The molecule has 0 spiro atoms. The fraction of sp³-hybridized carbons (Fsp3) is 0.467. The van der Waals surface area contributed by atoms with Gasteiger partial charge in [-0.05, 0) is 18.9 Å². The molecular weight excluding hydrogens is 240 g/mol. The molecule has 0 saturated carbocycles. The molecule has 1 aliphatic rings. The summed E-state index contributed by atoms with van der Waals surface area (Å²) >= 11 is 0. The Hall–Kier alpha value is -1.86. The molecule has 0 radical (unpaired) electrons. The Balaban J connectivity index is 2.08. The highest BCUT2D eigenvalue weighted by molar-refractivity contribution is 5.76. The summed E-state index contributed by atoms with van der Waals surface area (Å²) in [6.45, 7) is 3.50. The average Bonchev–Trinajstić information content (AvgIpc) is 2.83. The van der Waals surface area contributed by atoms with Gasteiger partial charge in [-0.25, -0.2) is 0 Å². The molecule has 0 N–H and O–H groups in total. The highest BCUT2D eigenvalue weighted by Gasteiger charge is 2.37. The Labute approximate surface area is 113 Å². The van der Waals surface area contributed by atoms with Crippen molar-refractivity contribution in [2.75, 3.05) is 13.2 Å². The summed E-state index contributed by atoms with van der Waals surface area (Å²) in [5, 5.41) is 9.05. The van der Waals surface area contributed by atoms with Crippen molar-refractivity contribution in [1.82, 2.24) is 4.90 Å². The van der Waals surface area contributed by atoms with E-state index in [1.165, 1.54) is 0 Å². The molecule has 1 aromatic carbocycles. The minimum Gasteiger partial charge on any atom is -0.465 e. The van der Waals surface area contributed by atoms with Crippen LogP contribution in [0.3, 0.4) is 0 Å². The number of esters is 1. The summed E-state index contributed by atoms with van der Waals surface area (Å²) in [5.74, 6) is -0.297. The van der Waals surface area contributed by atoms with Gasteiger partial charge >= 0.3 is 5.97 Å². The van der Waals surface area contributed by atoms with E-state index in [-0.39, 0.29) is 17.9 Å². The molecule has 0 bridgehead atoms. The number of benzene rings is 1. The van der Waals surface area contributed by atoms with Crippen LogP contribution in [-0.4, -0.2) is 30.1 Å². The van der Waals surface area contributed by atoms with Gasteiger partial charge < -0.3 is 4.74 Å². The number of carbonyl (C=O) groups is 1. The molecule has 1 heterocycles. The topological polar surface area (TPSA) is 53.3 Å². The molecule has 2 unspecified atom stereocenters. The summed E-state index contributed by atoms with van der Waals surface area (Å²) in [7, 11) is 0. The third kappa shape index (κ3) is 3.33. The van der Waals surface area contributed by atoms with E-state index in [9.17, 15) is 4.79 Å². The maximum atomic E-state index is 11.9. The molecule has 0 amide bonds. The highest BCUT2D eigenvalue weighted by atomic mass is 16.5. The fourth-order valence-corrected chi connectivity index (χ4v) is 2.47. The quantitative estimate of drug-likeness (QED) is 0.775. The summed E-state index contributed by atoms with van der Waals surface area (Å²) in [5.41, 5.74) is 1.15. The average molecular weight is 258 g/mol. The predicted octanol–water partition coefficient (Wildman–Crippen LogP) is 1.96. The van der Waals surface area contributed by atoms with Crippen molar-refractivity contribution in [3.05, 3.63) is 35.9 Å². The minimum atomic E-state index is -0.287. The second-order valence-electron chi connectivity index (χ2n) is 4.74. The van der Waals surface area contributed by atoms with Crippen molar-refractivity contribution in [2.24, 2.45) is 5.92 Å². The van der Waals surface area contributed by atoms with Crippen LogP contribution in [0.5, 0.6) is 0 Å². The van der Waals surface area contributed by atoms with Gasteiger partial charge in [0, 0.05) is 13.1 Å². The van der Waals surface area contributed by atoms with Gasteiger partial charge in [-0.15, -0.1) is 0 Å². The molecule has 1 aromatic rings. The number of hydrogen-bond acceptors (Lipinski definition) is 4. The fourth-order valence-electron chi connectivity index (χ4n) is 2.47. The molecule has 1 saturated heterocycles. The normalized spacial score (nSPS) is 22.9. The largest absolute Gasteiger partial charge is 0.465 e. The van der Waals surface area contributed by atoms with Gasteiger partial charge in [0.25, 0.3) is 0 Å². The highest BCUT2D eigenvalue weighted by Crippen LogP contribution is 2.25. The van der Waals surface area contributed by atoms with Gasteiger partial charge in [-0.1, -0.05) is 30.3 Å². The zero-order chi connectivity index (χ0) is 13.7. The molecular formula is C15H18N2O2. The number of nitrogens with zero attached hydrogens (tertiary/aromatic N) is 2.